The first-order valence-electron chi connectivity index (χ1n) is 5.78. The maximum Gasteiger partial charge on any atom is 0.123 e. The molecule has 0 saturated carbocycles. The second kappa shape index (κ2) is 6.06. The Bertz CT molecular complexity index is 440. The van der Waals surface area contributed by atoms with Crippen molar-refractivity contribution in [2.24, 2.45) is 5.73 Å². The molecule has 1 aromatic carbocycles. The van der Waals surface area contributed by atoms with E-state index < -0.39 is 0 Å². The average Bonchev–Trinajstić information content (AvgIpc) is 2.88. The summed E-state index contributed by atoms with van der Waals surface area (Å²) in [7, 11) is 0. The van der Waals surface area contributed by atoms with Gasteiger partial charge in [-0.2, -0.15) is 5.10 Å². The van der Waals surface area contributed by atoms with Gasteiger partial charge in [-0.3, -0.25) is 4.68 Å². The van der Waals surface area contributed by atoms with Gasteiger partial charge in [-0.15, -0.1) is 0 Å². The first kappa shape index (κ1) is 11.7. The van der Waals surface area contributed by atoms with E-state index in [1.165, 1.54) is 0 Å². The molecular weight excluding hydrogens is 214 g/mol. The number of hydrogen-bond donors (Lipinski definition) is 1. The Morgan fingerprint density at radius 3 is 2.88 bits per heavy atom. The van der Waals surface area contributed by atoms with Crippen molar-refractivity contribution in [3.8, 4) is 5.75 Å². The molecular formula is C13H17N3O. The lowest BCUT2D eigenvalue weighted by Gasteiger charge is -2.09. The molecule has 0 aliphatic rings. The summed E-state index contributed by atoms with van der Waals surface area (Å²) in [6, 6.07) is 9.80. The third-order valence-corrected chi connectivity index (χ3v) is 2.54. The number of aryl methyl sites for hydroxylation is 1. The lowest BCUT2D eigenvalue weighted by molar-refractivity contribution is 0.296. The smallest absolute Gasteiger partial charge is 0.123 e. The summed E-state index contributed by atoms with van der Waals surface area (Å²) in [6.07, 6.45) is 4.67. The van der Waals surface area contributed by atoms with E-state index in [4.69, 9.17) is 10.5 Å². The van der Waals surface area contributed by atoms with Gasteiger partial charge >= 0.3 is 0 Å². The molecule has 0 bridgehead atoms. The molecule has 2 N–H and O–H groups in total. The molecule has 0 aliphatic carbocycles. The summed E-state index contributed by atoms with van der Waals surface area (Å²) in [5.41, 5.74) is 6.69. The van der Waals surface area contributed by atoms with Crippen LogP contribution in [0.1, 0.15) is 12.0 Å². The van der Waals surface area contributed by atoms with E-state index in [-0.39, 0.29) is 0 Å². The highest BCUT2D eigenvalue weighted by Gasteiger charge is 2.00. The van der Waals surface area contributed by atoms with E-state index in [0.29, 0.717) is 13.2 Å². The van der Waals surface area contributed by atoms with Crippen LogP contribution in [0.15, 0.2) is 42.7 Å². The van der Waals surface area contributed by atoms with Gasteiger partial charge in [0.2, 0.25) is 0 Å². The number of aromatic nitrogens is 2. The zero-order valence-corrected chi connectivity index (χ0v) is 9.75. The predicted octanol–water partition coefficient (Wildman–Crippen LogP) is 1.81. The molecule has 2 aromatic rings. The maximum absolute atomic E-state index is 5.71. The normalized spacial score (nSPS) is 10.4. The van der Waals surface area contributed by atoms with Crippen molar-refractivity contribution in [1.29, 1.82) is 0 Å². The zero-order chi connectivity index (χ0) is 11.9. The summed E-state index contributed by atoms with van der Waals surface area (Å²) < 4.78 is 7.61. The quantitative estimate of drug-likeness (QED) is 0.771. The molecule has 2 rings (SSSR count). The van der Waals surface area contributed by atoms with E-state index in [2.05, 4.69) is 5.10 Å². The summed E-state index contributed by atoms with van der Waals surface area (Å²) >= 11 is 0. The van der Waals surface area contributed by atoms with Gasteiger partial charge in [0.05, 0.1) is 6.61 Å². The van der Waals surface area contributed by atoms with Crippen LogP contribution in [0.25, 0.3) is 0 Å². The molecule has 1 aromatic heterocycles. The lowest BCUT2D eigenvalue weighted by Crippen LogP contribution is -2.07. The van der Waals surface area contributed by atoms with E-state index >= 15 is 0 Å². The Labute approximate surface area is 101 Å². The summed E-state index contributed by atoms with van der Waals surface area (Å²) in [5.74, 6) is 0.885. The largest absolute Gasteiger partial charge is 0.493 e. The molecule has 0 fully saturated rings. The van der Waals surface area contributed by atoms with Gasteiger partial charge in [0.15, 0.2) is 0 Å². The Morgan fingerprint density at radius 2 is 2.12 bits per heavy atom. The highest BCUT2D eigenvalue weighted by Crippen LogP contribution is 2.17. The van der Waals surface area contributed by atoms with Crippen LogP contribution >= 0.6 is 0 Å². The van der Waals surface area contributed by atoms with Gasteiger partial charge in [0.25, 0.3) is 0 Å². The highest BCUT2D eigenvalue weighted by atomic mass is 16.5. The van der Waals surface area contributed by atoms with Crippen LogP contribution in [-0.4, -0.2) is 16.4 Å². The molecule has 0 unspecified atom stereocenters. The van der Waals surface area contributed by atoms with Crippen LogP contribution in [0.4, 0.5) is 0 Å². The number of para-hydroxylation sites is 1. The molecule has 0 atom stereocenters. The van der Waals surface area contributed by atoms with E-state index in [1.54, 1.807) is 6.20 Å². The van der Waals surface area contributed by atoms with Crippen LogP contribution in [0.5, 0.6) is 5.75 Å². The summed E-state index contributed by atoms with van der Waals surface area (Å²) in [5, 5.41) is 4.14. The molecule has 90 valence electrons. The molecule has 1 heterocycles. The fraction of sp³-hybridized carbons (Fsp3) is 0.308. The van der Waals surface area contributed by atoms with Crippen LogP contribution in [0.3, 0.4) is 0 Å². The zero-order valence-electron chi connectivity index (χ0n) is 9.75. The maximum atomic E-state index is 5.71. The Balaban J connectivity index is 1.78. The molecule has 4 heteroatoms. The lowest BCUT2D eigenvalue weighted by atomic mass is 10.2. The minimum absolute atomic E-state index is 0.509. The van der Waals surface area contributed by atoms with Gasteiger partial charge in [0.1, 0.15) is 5.75 Å². The van der Waals surface area contributed by atoms with Crippen molar-refractivity contribution in [2.45, 2.75) is 19.5 Å². The van der Waals surface area contributed by atoms with Crippen molar-refractivity contribution < 1.29 is 4.74 Å². The molecule has 0 aliphatic heterocycles. The van der Waals surface area contributed by atoms with Crippen molar-refractivity contribution in [1.82, 2.24) is 9.78 Å². The predicted molar refractivity (Wildman–Crippen MR) is 66.7 cm³/mol. The highest BCUT2D eigenvalue weighted by molar-refractivity contribution is 5.32. The first-order valence-corrected chi connectivity index (χ1v) is 5.78. The second-order valence-electron chi connectivity index (χ2n) is 3.78. The van der Waals surface area contributed by atoms with E-state index in [9.17, 15) is 0 Å². The number of nitrogens with two attached hydrogens (primary N) is 1. The van der Waals surface area contributed by atoms with Gasteiger partial charge in [-0.1, -0.05) is 18.2 Å². The van der Waals surface area contributed by atoms with Crippen LogP contribution < -0.4 is 10.5 Å². The molecule has 0 amide bonds. The third kappa shape index (κ3) is 3.32. The minimum Gasteiger partial charge on any atom is -0.493 e. The van der Waals surface area contributed by atoms with Crippen molar-refractivity contribution in [3.05, 3.63) is 48.3 Å². The number of benzene rings is 1. The van der Waals surface area contributed by atoms with E-state index in [1.807, 2.05) is 41.2 Å². The van der Waals surface area contributed by atoms with Gasteiger partial charge in [-0.05, 0) is 12.1 Å². The van der Waals surface area contributed by atoms with Gasteiger partial charge in [-0.25, -0.2) is 0 Å². The summed E-state index contributed by atoms with van der Waals surface area (Å²) in [6.45, 7) is 2.06. The van der Waals surface area contributed by atoms with Gasteiger partial charge < -0.3 is 10.5 Å². The molecule has 0 saturated heterocycles. The van der Waals surface area contributed by atoms with Gasteiger partial charge in [0, 0.05) is 37.5 Å². The fourth-order valence-electron chi connectivity index (χ4n) is 1.65. The number of hydrogen-bond acceptors (Lipinski definition) is 3. The summed E-state index contributed by atoms with van der Waals surface area (Å²) in [4.78, 5) is 0. The minimum atomic E-state index is 0.509. The first-order chi connectivity index (χ1) is 8.40. The monoisotopic (exact) mass is 231 g/mol. The van der Waals surface area contributed by atoms with E-state index in [0.717, 1.165) is 24.3 Å². The van der Waals surface area contributed by atoms with Crippen LogP contribution in [-0.2, 0) is 13.1 Å². The topological polar surface area (TPSA) is 53.1 Å². The Hall–Kier alpha value is -1.81. The van der Waals surface area contributed by atoms with Crippen LogP contribution in [0.2, 0.25) is 0 Å². The van der Waals surface area contributed by atoms with Crippen molar-refractivity contribution in [2.75, 3.05) is 6.61 Å². The van der Waals surface area contributed by atoms with Crippen molar-refractivity contribution >= 4 is 0 Å². The molecule has 17 heavy (non-hydrogen) atoms. The standard InChI is InChI=1S/C13H17N3O/c14-11-12-5-1-2-6-13(12)17-10-4-9-16-8-3-7-15-16/h1-3,5-8H,4,9-11,14H2. The molecule has 0 spiro atoms. The SMILES string of the molecule is NCc1ccccc1OCCCn1cccn1. The number of ether oxygens (including phenoxy) is 1. The number of nitrogens with zero attached hydrogens (tertiary/aromatic N) is 2. The molecule has 4 nitrogen and oxygen atoms in total. The third-order valence-electron chi connectivity index (χ3n) is 2.54. The van der Waals surface area contributed by atoms with Crippen molar-refractivity contribution in [3.63, 3.8) is 0 Å². The second-order valence-corrected chi connectivity index (χ2v) is 3.78. The Morgan fingerprint density at radius 1 is 1.24 bits per heavy atom. The number of rotatable bonds is 6. The average molecular weight is 231 g/mol. The molecule has 0 radical (unpaired) electrons. The fourth-order valence-corrected chi connectivity index (χ4v) is 1.65. The van der Waals surface area contributed by atoms with Crippen LogP contribution in [0, 0.1) is 0 Å². The Kier molecular flexibility index (Phi) is 4.16.